The Morgan fingerprint density at radius 2 is 2.36 bits per heavy atom. The van der Waals surface area contributed by atoms with Gasteiger partial charge in [-0.2, -0.15) is 0 Å². The first kappa shape index (κ1) is 10.7. The predicted octanol–water partition coefficient (Wildman–Crippen LogP) is 1.49. The highest BCUT2D eigenvalue weighted by molar-refractivity contribution is 5.80. The van der Waals surface area contributed by atoms with Crippen molar-refractivity contribution in [1.82, 2.24) is 4.90 Å². The van der Waals surface area contributed by atoms with E-state index in [2.05, 4.69) is 13.2 Å². The van der Waals surface area contributed by atoms with Crippen LogP contribution in [0.4, 0.5) is 0 Å². The molecule has 0 aliphatic carbocycles. The highest BCUT2D eigenvalue weighted by Crippen LogP contribution is 2.11. The maximum atomic E-state index is 11.5. The third-order valence-corrected chi connectivity index (χ3v) is 1.90. The molecular weight excluding hydrogens is 178 g/mol. The van der Waals surface area contributed by atoms with Crippen LogP contribution < -0.4 is 0 Å². The number of hydrogen-bond donors (Lipinski definition) is 0. The minimum atomic E-state index is -0.0244. The fourth-order valence-electron chi connectivity index (χ4n) is 1.29. The molecule has 1 aliphatic rings. The zero-order valence-electron chi connectivity index (χ0n) is 8.45. The largest absolute Gasteiger partial charge is 0.370 e. The van der Waals surface area contributed by atoms with Crippen LogP contribution in [0.15, 0.2) is 36.6 Å². The molecule has 0 aromatic rings. The molecule has 0 radical (unpaired) electrons. The monoisotopic (exact) mass is 193 g/mol. The van der Waals surface area contributed by atoms with Gasteiger partial charge in [0, 0.05) is 12.2 Å². The molecule has 1 heterocycles. The van der Waals surface area contributed by atoms with Crippen LogP contribution in [0.25, 0.3) is 0 Å². The van der Waals surface area contributed by atoms with Crippen molar-refractivity contribution in [3.63, 3.8) is 0 Å². The van der Waals surface area contributed by atoms with Gasteiger partial charge in [0.05, 0.1) is 6.61 Å². The van der Waals surface area contributed by atoms with Crippen molar-refractivity contribution in [2.75, 3.05) is 19.8 Å². The van der Waals surface area contributed by atoms with E-state index in [1.54, 1.807) is 11.0 Å². The normalized spacial score (nSPS) is 18.2. The lowest BCUT2D eigenvalue weighted by molar-refractivity contribution is -0.139. The second-order valence-corrected chi connectivity index (χ2v) is 3.22. The molecule has 14 heavy (non-hydrogen) atoms. The van der Waals surface area contributed by atoms with E-state index in [0.717, 1.165) is 11.3 Å². The van der Waals surface area contributed by atoms with E-state index < -0.39 is 0 Å². The van der Waals surface area contributed by atoms with Gasteiger partial charge in [0.25, 0.3) is 5.91 Å². The Kier molecular flexibility index (Phi) is 3.65. The summed E-state index contributed by atoms with van der Waals surface area (Å²) in [7, 11) is 0. The summed E-state index contributed by atoms with van der Waals surface area (Å²) in [6, 6.07) is 0. The second kappa shape index (κ2) is 4.77. The van der Waals surface area contributed by atoms with Crippen LogP contribution in [0.1, 0.15) is 6.92 Å². The van der Waals surface area contributed by atoms with Crippen molar-refractivity contribution in [3.05, 3.63) is 36.6 Å². The number of carbonyl (C=O) groups excluding carboxylic acids is 1. The van der Waals surface area contributed by atoms with Gasteiger partial charge >= 0.3 is 0 Å². The molecule has 0 N–H and O–H groups in total. The van der Waals surface area contributed by atoms with E-state index in [1.807, 2.05) is 13.0 Å². The van der Waals surface area contributed by atoms with Gasteiger partial charge in [-0.15, -0.1) is 0 Å². The molecule has 1 amide bonds. The Bertz CT molecular complexity index is 292. The molecular formula is C11H15NO2. The minimum absolute atomic E-state index is 0.0244. The summed E-state index contributed by atoms with van der Waals surface area (Å²) in [5.41, 5.74) is 1.70. The molecule has 0 aromatic heterocycles. The molecule has 0 aromatic carbocycles. The van der Waals surface area contributed by atoms with Crippen LogP contribution in [-0.2, 0) is 9.53 Å². The first-order valence-corrected chi connectivity index (χ1v) is 4.53. The van der Waals surface area contributed by atoms with E-state index in [4.69, 9.17) is 4.74 Å². The van der Waals surface area contributed by atoms with E-state index in [0.29, 0.717) is 13.2 Å². The van der Waals surface area contributed by atoms with Crippen LogP contribution in [0.5, 0.6) is 0 Å². The Hall–Kier alpha value is -1.35. The van der Waals surface area contributed by atoms with Gasteiger partial charge in [-0.25, -0.2) is 0 Å². The molecule has 0 saturated carbocycles. The third-order valence-electron chi connectivity index (χ3n) is 1.90. The van der Waals surface area contributed by atoms with Crippen LogP contribution in [0.3, 0.4) is 0 Å². The Labute approximate surface area is 84.3 Å². The quantitative estimate of drug-likeness (QED) is 0.635. The average molecular weight is 193 g/mol. The van der Waals surface area contributed by atoms with E-state index in [1.165, 1.54) is 0 Å². The number of ether oxygens (including phenoxy) is 1. The van der Waals surface area contributed by atoms with Gasteiger partial charge in [0.1, 0.15) is 6.61 Å². The molecule has 76 valence electrons. The molecule has 0 atom stereocenters. The summed E-state index contributed by atoms with van der Waals surface area (Å²) >= 11 is 0. The fourth-order valence-corrected chi connectivity index (χ4v) is 1.29. The van der Waals surface area contributed by atoms with Gasteiger partial charge in [-0.3, -0.25) is 4.79 Å². The molecule has 3 heteroatoms. The zero-order valence-corrected chi connectivity index (χ0v) is 8.45. The standard InChI is InChI=1S/C11H15NO2/c1-4-10(7-9(2)3)12-5-6-14-8-11(12)13/h4,7H,1-2,5-6,8H2,3H3/b10-7+. The molecule has 1 saturated heterocycles. The SMILES string of the molecule is C=C/C(=C\C(=C)C)N1CCOCC1=O. The molecule has 1 aliphatic heterocycles. The summed E-state index contributed by atoms with van der Waals surface area (Å²) in [6.07, 6.45) is 3.51. The number of rotatable bonds is 3. The van der Waals surface area contributed by atoms with Crippen molar-refractivity contribution < 1.29 is 9.53 Å². The van der Waals surface area contributed by atoms with E-state index in [9.17, 15) is 4.79 Å². The van der Waals surface area contributed by atoms with Gasteiger partial charge in [0.15, 0.2) is 0 Å². The fraction of sp³-hybridized carbons (Fsp3) is 0.364. The number of nitrogens with zero attached hydrogens (tertiary/aromatic N) is 1. The zero-order chi connectivity index (χ0) is 10.6. The Balaban J connectivity index is 2.82. The lowest BCUT2D eigenvalue weighted by atomic mass is 10.2. The summed E-state index contributed by atoms with van der Waals surface area (Å²) in [6.45, 7) is 10.7. The van der Waals surface area contributed by atoms with Crippen LogP contribution in [0, 0.1) is 0 Å². The summed E-state index contributed by atoms with van der Waals surface area (Å²) in [5, 5.41) is 0. The van der Waals surface area contributed by atoms with Gasteiger partial charge in [-0.05, 0) is 19.1 Å². The van der Waals surface area contributed by atoms with Gasteiger partial charge < -0.3 is 9.64 Å². The molecule has 0 unspecified atom stereocenters. The maximum absolute atomic E-state index is 11.5. The average Bonchev–Trinajstić information content (AvgIpc) is 2.15. The maximum Gasteiger partial charge on any atom is 0.253 e. The summed E-state index contributed by atoms with van der Waals surface area (Å²) in [4.78, 5) is 13.1. The van der Waals surface area contributed by atoms with Crippen molar-refractivity contribution in [1.29, 1.82) is 0 Å². The highest BCUT2D eigenvalue weighted by Gasteiger charge is 2.20. The summed E-state index contributed by atoms with van der Waals surface area (Å²) < 4.78 is 5.04. The van der Waals surface area contributed by atoms with Crippen molar-refractivity contribution in [2.45, 2.75) is 6.92 Å². The van der Waals surface area contributed by atoms with E-state index >= 15 is 0 Å². The first-order chi connectivity index (χ1) is 6.65. The van der Waals surface area contributed by atoms with Crippen molar-refractivity contribution in [3.8, 4) is 0 Å². The lowest BCUT2D eigenvalue weighted by Crippen LogP contribution is -2.40. The lowest BCUT2D eigenvalue weighted by Gasteiger charge is -2.27. The Morgan fingerprint density at radius 3 is 2.86 bits per heavy atom. The van der Waals surface area contributed by atoms with Crippen molar-refractivity contribution in [2.24, 2.45) is 0 Å². The second-order valence-electron chi connectivity index (χ2n) is 3.22. The molecule has 3 nitrogen and oxygen atoms in total. The minimum Gasteiger partial charge on any atom is -0.370 e. The van der Waals surface area contributed by atoms with Gasteiger partial charge in [0.2, 0.25) is 0 Å². The topological polar surface area (TPSA) is 29.5 Å². The van der Waals surface area contributed by atoms with Crippen LogP contribution >= 0.6 is 0 Å². The number of morpholine rings is 1. The molecule has 1 rings (SSSR count). The molecule has 0 bridgehead atoms. The van der Waals surface area contributed by atoms with Gasteiger partial charge in [-0.1, -0.05) is 18.7 Å². The van der Waals surface area contributed by atoms with Crippen molar-refractivity contribution >= 4 is 5.91 Å². The third kappa shape index (κ3) is 2.57. The molecule has 1 fully saturated rings. The Morgan fingerprint density at radius 1 is 1.64 bits per heavy atom. The number of amides is 1. The predicted molar refractivity (Wildman–Crippen MR) is 55.6 cm³/mol. The molecule has 0 spiro atoms. The van der Waals surface area contributed by atoms with Crippen LogP contribution in [0.2, 0.25) is 0 Å². The van der Waals surface area contributed by atoms with E-state index in [-0.39, 0.29) is 12.5 Å². The number of allylic oxidation sites excluding steroid dienone is 3. The smallest absolute Gasteiger partial charge is 0.253 e. The first-order valence-electron chi connectivity index (χ1n) is 4.53. The van der Waals surface area contributed by atoms with Crippen LogP contribution in [-0.4, -0.2) is 30.6 Å². The highest BCUT2D eigenvalue weighted by atomic mass is 16.5. The number of carbonyl (C=O) groups is 1. The number of hydrogen-bond acceptors (Lipinski definition) is 2. The summed E-state index contributed by atoms with van der Waals surface area (Å²) in [5.74, 6) is -0.0244.